The second kappa shape index (κ2) is 6.52. The highest BCUT2D eigenvalue weighted by Gasteiger charge is 2.09. The highest BCUT2D eigenvalue weighted by atomic mass is 32.2. The average molecular weight is 294 g/mol. The molecule has 0 aliphatic rings. The summed E-state index contributed by atoms with van der Waals surface area (Å²) in [5, 5.41) is 0. The lowest BCUT2D eigenvalue weighted by Gasteiger charge is -2.04. The number of carbonyl (C=O) groups is 1. The van der Waals surface area contributed by atoms with Crippen molar-refractivity contribution >= 4 is 17.5 Å². The lowest BCUT2D eigenvalue weighted by atomic mass is 10.1. The fraction of sp³-hybridized carbons (Fsp3) is 0.133. The Morgan fingerprint density at radius 2 is 1.95 bits per heavy atom. The first kappa shape index (κ1) is 14.5. The van der Waals surface area contributed by atoms with Crippen LogP contribution in [0.2, 0.25) is 0 Å². The molecule has 0 heterocycles. The molecule has 0 aliphatic heterocycles. The molecule has 0 spiro atoms. The number of ether oxygens (including phenoxy) is 1. The molecule has 20 heavy (non-hydrogen) atoms. The first-order valence-electron chi connectivity index (χ1n) is 5.85. The first-order chi connectivity index (χ1) is 9.60. The van der Waals surface area contributed by atoms with Gasteiger partial charge in [-0.3, -0.25) is 4.79 Å². The second-order valence-corrected chi connectivity index (χ2v) is 5.07. The number of benzene rings is 2. The molecule has 5 heteroatoms. The van der Waals surface area contributed by atoms with Crippen LogP contribution in [0, 0.1) is 11.6 Å². The molecule has 0 saturated heterocycles. The van der Waals surface area contributed by atoms with Crippen molar-refractivity contribution in [2.24, 2.45) is 0 Å². The zero-order chi connectivity index (χ0) is 14.5. The Morgan fingerprint density at radius 1 is 1.15 bits per heavy atom. The Kier molecular flexibility index (Phi) is 4.74. The summed E-state index contributed by atoms with van der Waals surface area (Å²) in [6.07, 6.45) is 0. The summed E-state index contributed by atoms with van der Waals surface area (Å²) in [4.78, 5) is 12.5. The van der Waals surface area contributed by atoms with E-state index in [-0.39, 0.29) is 11.5 Å². The molecule has 0 N–H and O–H groups in total. The van der Waals surface area contributed by atoms with Crippen LogP contribution >= 0.6 is 11.8 Å². The Labute approximate surface area is 119 Å². The van der Waals surface area contributed by atoms with Crippen molar-refractivity contribution in [2.75, 3.05) is 12.9 Å². The van der Waals surface area contributed by atoms with E-state index in [4.69, 9.17) is 4.74 Å². The van der Waals surface area contributed by atoms with Crippen molar-refractivity contribution in [1.82, 2.24) is 0 Å². The number of hydrogen-bond donors (Lipinski definition) is 0. The maximum absolute atomic E-state index is 13.0. The van der Waals surface area contributed by atoms with Gasteiger partial charge in [-0.2, -0.15) is 0 Å². The Morgan fingerprint density at radius 3 is 2.65 bits per heavy atom. The van der Waals surface area contributed by atoms with Crippen molar-refractivity contribution in [3.05, 3.63) is 59.7 Å². The molecule has 2 nitrogen and oxygen atoms in total. The Balaban J connectivity index is 2.02. The summed E-state index contributed by atoms with van der Waals surface area (Å²) in [5.74, 6) is -1.15. The number of hydrogen-bond acceptors (Lipinski definition) is 3. The molecule has 0 atom stereocenters. The van der Waals surface area contributed by atoms with Gasteiger partial charge >= 0.3 is 0 Å². The summed E-state index contributed by atoms with van der Waals surface area (Å²) in [6.45, 7) is 0. The molecule has 104 valence electrons. The van der Waals surface area contributed by atoms with Gasteiger partial charge in [0.2, 0.25) is 0 Å². The van der Waals surface area contributed by atoms with Gasteiger partial charge in [0.15, 0.2) is 17.4 Å². The topological polar surface area (TPSA) is 26.3 Å². The van der Waals surface area contributed by atoms with Crippen LogP contribution in [0.3, 0.4) is 0 Å². The van der Waals surface area contributed by atoms with Gasteiger partial charge in [0.25, 0.3) is 0 Å². The largest absolute Gasteiger partial charge is 0.497 e. The molecule has 0 saturated carbocycles. The van der Waals surface area contributed by atoms with E-state index in [1.165, 1.54) is 13.2 Å². The molecular formula is C15H12F2O2S. The van der Waals surface area contributed by atoms with E-state index in [0.29, 0.717) is 16.2 Å². The average Bonchev–Trinajstić information content (AvgIpc) is 2.48. The third-order valence-electron chi connectivity index (χ3n) is 2.65. The van der Waals surface area contributed by atoms with E-state index in [0.717, 1.165) is 23.9 Å². The monoisotopic (exact) mass is 294 g/mol. The van der Waals surface area contributed by atoms with E-state index < -0.39 is 11.6 Å². The Bertz CT molecular complexity index is 629. The fourth-order valence-corrected chi connectivity index (χ4v) is 2.41. The zero-order valence-corrected chi connectivity index (χ0v) is 11.5. The number of halogens is 2. The SMILES string of the molecule is COc1cccc(C(=O)CSc2ccc(F)c(F)c2)c1. The molecule has 0 aromatic heterocycles. The highest BCUT2D eigenvalue weighted by molar-refractivity contribution is 8.00. The third-order valence-corrected chi connectivity index (χ3v) is 3.65. The first-order valence-corrected chi connectivity index (χ1v) is 6.84. The third kappa shape index (κ3) is 3.57. The van der Waals surface area contributed by atoms with Crippen molar-refractivity contribution in [1.29, 1.82) is 0 Å². The van der Waals surface area contributed by atoms with Gasteiger partial charge in [-0.25, -0.2) is 8.78 Å². The summed E-state index contributed by atoms with van der Waals surface area (Å²) >= 11 is 1.16. The molecule has 0 bridgehead atoms. The number of methoxy groups -OCH3 is 1. The van der Waals surface area contributed by atoms with Crippen LogP contribution < -0.4 is 4.74 Å². The van der Waals surface area contributed by atoms with Gasteiger partial charge < -0.3 is 4.74 Å². The van der Waals surface area contributed by atoms with Crippen molar-refractivity contribution in [3.63, 3.8) is 0 Å². The molecule has 0 radical (unpaired) electrons. The van der Waals surface area contributed by atoms with E-state index in [2.05, 4.69) is 0 Å². The summed E-state index contributed by atoms with van der Waals surface area (Å²) in [6, 6.07) is 10.4. The van der Waals surface area contributed by atoms with E-state index in [1.54, 1.807) is 24.3 Å². The van der Waals surface area contributed by atoms with Crippen LogP contribution in [0.15, 0.2) is 47.4 Å². The molecule has 0 aliphatic carbocycles. The smallest absolute Gasteiger partial charge is 0.173 e. The minimum Gasteiger partial charge on any atom is -0.497 e. The fourth-order valence-electron chi connectivity index (χ4n) is 1.60. The second-order valence-electron chi connectivity index (χ2n) is 4.02. The molecular weight excluding hydrogens is 282 g/mol. The molecule has 0 amide bonds. The van der Waals surface area contributed by atoms with Crippen LogP contribution in [-0.2, 0) is 0 Å². The molecule has 2 rings (SSSR count). The number of ketones is 1. The van der Waals surface area contributed by atoms with E-state index >= 15 is 0 Å². The number of Topliss-reactive ketones (excluding diaryl/α,β-unsaturated/α-hetero) is 1. The van der Waals surface area contributed by atoms with Gasteiger partial charge in [0, 0.05) is 10.5 Å². The van der Waals surface area contributed by atoms with Gasteiger partial charge in [-0.05, 0) is 30.3 Å². The minimum atomic E-state index is -0.913. The maximum atomic E-state index is 13.0. The van der Waals surface area contributed by atoms with Crippen molar-refractivity contribution < 1.29 is 18.3 Å². The molecule has 2 aromatic rings. The van der Waals surface area contributed by atoms with Crippen LogP contribution in [-0.4, -0.2) is 18.6 Å². The normalized spacial score (nSPS) is 10.3. The Hall–Kier alpha value is -1.88. The van der Waals surface area contributed by atoms with Gasteiger partial charge in [-0.1, -0.05) is 12.1 Å². The summed E-state index contributed by atoms with van der Waals surface area (Å²) in [5.41, 5.74) is 0.527. The zero-order valence-electron chi connectivity index (χ0n) is 10.7. The van der Waals surface area contributed by atoms with Gasteiger partial charge in [-0.15, -0.1) is 11.8 Å². The van der Waals surface area contributed by atoms with Crippen LogP contribution in [0.25, 0.3) is 0 Å². The molecule has 2 aromatic carbocycles. The summed E-state index contributed by atoms with van der Waals surface area (Å²) < 4.78 is 30.9. The molecule has 0 fully saturated rings. The van der Waals surface area contributed by atoms with Gasteiger partial charge in [0.1, 0.15) is 5.75 Å². The highest BCUT2D eigenvalue weighted by Crippen LogP contribution is 2.22. The van der Waals surface area contributed by atoms with E-state index in [9.17, 15) is 13.6 Å². The number of rotatable bonds is 5. The lowest BCUT2D eigenvalue weighted by molar-refractivity contribution is 0.102. The predicted molar refractivity (Wildman–Crippen MR) is 74.4 cm³/mol. The maximum Gasteiger partial charge on any atom is 0.173 e. The summed E-state index contributed by atoms with van der Waals surface area (Å²) in [7, 11) is 1.53. The van der Waals surface area contributed by atoms with E-state index in [1.807, 2.05) is 0 Å². The standard InChI is InChI=1S/C15H12F2O2S/c1-19-11-4-2-3-10(7-11)15(18)9-20-12-5-6-13(16)14(17)8-12/h2-8H,9H2,1H3. The van der Waals surface area contributed by atoms with Crippen LogP contribution in [0.4, 0.5) is 8.78 Å². The lowest BCUT2D eigenvalue weighted by Crippen LogP contribution is -2.02. The van der Waals surface area contributed by atoms with Gasteiger partial charge in [0.05, 0.1) is 12.9 Å². The quantitative estimate of drug-likeness (QED) is 0.617. The van der Waals surface area contributed by atoms with Crippen LogP contribution in [0.5, 0.6) is 5.75 Å². The minimum absolute atomic E-state index is 0.0985. The van der Waals surface area contributed by atoms with Crippen LogP contribution in [0.1, 0.15) is 10.4 Å². The number of carbonyl (C=O) groups excluding carboxylic acids is 1. The number of thioether (sulfide) groups is 1. The van der Waals surface area contributed by atoms with Crippen molar-refractivity contribution in [3.8, 4) is 5.75 Å². The van der Waals surface area contributed by atoms with Crippen molar-refractivity contribution in [2.45, 2.75) is 4.90 Å². The molecule has 0 unspecified atom stereocenters. The predicted octanol–water partition coefficient (Wildman–Crippen LogP) is 3.95.